The first-order valence-corrected chi connectivity index (χ1v) is 9.67. The molecular formula is C20H28N4O. The van der Waals surface area contributed by atoms with Gasteiger partial charge in [0.15, 0.2) is 5.65 Å². The first-order chi connectivity index (χ1) is 12.3. The summed E-state index contributed by atoms with van der Waals surface area (Å²) in [6, 6.07) is 0. The van der Waals surface area contributed by atoms with Crippen LogP contribution >= 0.6 is 0 Å². The molecule has 2 saturated heterocycles. The number of allylic oxidation sites excluding steroid dienone is 2. The van der Waals surface area contributed by atoms with E-state index in [0.29, 0.717) is 17.8 Å². The normalized spacial score (nSPS) is 27.5. The van der Waals surface area contributed by atoms with Gasteiger partial charge in [-0.15, -0.1) is 0 Å². The molecule has 5 nitrogen and oxygen atoms in total. The Labute approximate surface area is 150 Å². The molecule has 2 aliphatic heterocycles. The van der Waals surface area contributed by atoms with Gasteiger partial charge in [0.05, 0.1) is 23.3 Å². The average molecular weight is 340 g/mol. The Morgan fingerprint density at radius 1 is 1.28 bits per heavy atom. The number of ether oxygens (including phenoxy) is 1. The van der Waals surface area contributed by atoms with Gasteiger partial charge in [-0.25, -0.2) is 4.98 Å². The number of aromatic nitrogens is 3. The molecule has 5 heteroatoms. The van der Waals surface area contributed by atoms with Crippen molar-refractivity contribution in [3.05, 3.63) is 35.6 Å². The number of piperidine rings is 1. The zero-order valence-electron chi connectivity index (χ0n) is 14.9. The van der Waals surface area contributed by atoms with Gasteiger partial charge in [0, 0.05) is 33.2 Å². The summed E-state index contributed by atoms with van der Waals surface area (Å²) < 4.78 is 7.88. The van der Waals surface area contributed by atoms with Crippen LogP contribution in [-0.4, -0.2) is 40.7 Å². The highest BCUT2D eigenvalue weighted by Crippen LogP contribution is 2.38. The topological polar surface area (TPSA) is 51.5 Å². The summed E-state index contributed by atoms with van der Waals surface area (Å²) in [7, 11) is 0. The molecule has 1 N–H and O–H groups in total. The van der Waals surface area contributed by atoms with Crippen LogP contribution < -0.4 is 5.32 Å². The fraction of sp³-hybridized carbons (Fsp3) is 0.600. The van der Waals surface area contributed by atoms with E-state index in [0.717, 1.165) is 51.2 Å². The van der Waals surface area contributed by atoms with E-state index in [2.05, 4.69) is 28.9 Å². The highest BCUT2D eigenvalue weighted by molar-refractivity contribution is 5.73. The van der Waals surface area contributed by atoms with E-state index in [9.17, 15) is 0 Å². The van der Waals surface area contributed by atoms with Crippen molar-refractivity contribution in [2.75, 3.05) is 26.3 Å². The lowest BCUT2D eigenvalue weighted by Gasteiger charge is -2.28. The van der Waals surface area contributed by atoms with Crippen LogP contribution in [0.1, 0.15) is 50.6 Å². The highest BCUT2D eigenvalue weighted by Gasteiger charge is 2.29. The first-order valence-electron chi connectivity index (χ1n) is 9.67. The number of hydrogen-bond acceptors (Lipinski definition) is 4. The van der Waals surface area contributed by atoms with Crippen molar-refractivity contribution in [1.29, 1.82) is 0 Å². The number of imidazole rings is 1. The molecule has 0 saturated carbocycles. The summed E-state index contributed by atoms with van der Waals surface area (Å²) in [6.45, 7) is 6.26. The zero-order valence-corrected chi connectivity index (χ0v) is 14.9. The molecule has 0 radical (unpaired) electrons. The first kappa shape index (κ1) is 15.5. The van der Waals surface area contributed by atoms with Gasteiger partial charge in [-0.2, -0.15) is 0 Å². The van der Waals surface area contributed by atoms with Crippen molar-refractivity contribution in [1.82, 2.24) is 19.7 Å². The number of nitrogens with one attached hydrogen (secondary N) is 1. The molecule has 0 amide bonds. The van der Waals surface area contributed by atoms with Gasteiger partial charge in [-0.1, -0.05) is 13.0 Å². The van der Waals surface area contributed by atoms with Crippen LogP contribution in [0.15, 0.2) is 18.5 Å². The maximum absolute atomic E-state index is 5.56. The molecule has 2 aromatic heterocycles. The van der Waals surface area contributed by atoms with Gasteiger partial charge in [0.1, 0.15) is 0 Å². The molecule has 0 aromatic carbocycles. The Hall–Kier alpha value is -1.72. The lowest BCUT2D eigenvalue weighted by molar-refractivity contribution is 0.0807. The van der Waals surface area contributed by atoms with Gasteiger partial charge in [-0.05, 0) is 49.8 Å². The molecule has 2 fully saturated rings. The second kappa shape index (κ2) is 6.22. The molecule has 3 aliphatic rings. The SMILES string of the molecule is CC1CNCCC1c1cn2c3c(ncc2n1)CC=C3C1CCOCC1.[HH]. The summed E-state index contributed by atoms with van der Waals surface area (Å²) in [5.41, 5.74) is 6.22. The molecule has 0 bridgehead atoms. The van der Waals surface area contributed by atoms with Crippen molar-refractivity contribution in [3.63, 3.8) is 0 Å². The number of rotatable bonds is 2. The number of nitrogens with zero attached hydrogens (tertiary/aromatic N) is 3. The fourth-order valence-electron chi connectivity index (χ4n) is 4.78. The molecule has 4 heterocycles. The molecule has 2 aromatic rings. The van der Waals surface area contributed by atoms with E-state index in [1.54, 1.807) is 0 Å². The van der Waals surface area contributed by atoms with Crippen molar-refractivity contribution in [2.45, 2.75) is 38.5 Å². The van der Waals surface area contributed by atoms with Crippen molar-refractivity contribution in [2.24, 2.45) is 11.8 Å². The van der Waals surface area contributed by atoms with Gasteiger partial charge in [0.25, 0.3) is 0 Å². The third kappa shape index (κ3) is 2.61. The van der Waals surface area contributed by atoms with Crippen molar-refractivity contribution >= 4 is 11.2 Å². The minimum Gasteiger partial charge on any atom is -0.381 e. The zero-order chi connectivity index (χ0) is 16.8. The van der Waals surface area contributed by atoms with E-state index >= 15 is 0 Å². The Kier molecular flexibility index (Phi) is 3.86. The van der Waals surface area contributed by atoms with Gasteiger partial charge >= 0.3 is 0 Å². The molecule has 134 valence electrons. The third-order valence-electron chi connectivity index (χ3n) is 6.22. The van der Waals surface area contributed by atoms with Crippen LogP contribution in [0.5, 0.6) is 0 Å². The van der Waals surface area contributed by atoms with Crippen LogP contribution in [-0.2, 0) is 11.2 Å². The summed E-state index contributed by atoms with van der Waals surface area (Å²) in [5.74, 6) is 1.78. The van der Waals surface area contributed by atoms with E-state index in [1.807, 2.05) is 6.20 Å². The Balaban J connectivity index is 0.00000168. The van der Waals surface area contributed by atoms with Crippen LogP contribution in [0, 0.1) is 11.8 Å². The fourth-order valence-corrected chi connectivity index (χ4v) is 4.78. The average Bonchev–Trinajstić information content (AvgIpc) is 3.26. The maximum Gasteiger partial charge on any atom is 0.156 e. The lowest BCUT2D eigenvalue weighted by Crippen LogP contribution is -2.33. The predicted molar refractivity (Wildman–Crippen MR) is 99.7 cm³/mol. The second-order valence-electron chi connectivity index (χ2n) is 7.77. The maximum atomic E-state index is 5.56. The Bertz CT molecular complexity index is 825. The van der Waals surface area contributed by atoms with E-state index < -0.39 is 0 Å². The van der Waals surface area contributed by atoms with E-state index in [4.69, 9.17) is 14.7 Å². The van der Waals surface area contributed by atoms with Crippen LogP contribution in [0.25, 0.3) is 11.2 Å². The summed E-state index contributed by atoms with van der Waals surface area (Å²) >= 11 is 0. The van der Waals surface area contributed by atoms with Gasteiger partial charge in [-0.3, -0.25) is 9.38 Å². The quantitative estimate of drug-likeness (QED) is 0.913. The predicted octanol–water partition coefficient (Wildman–Crippen LogP) is 3.05. The van der Waals surface area contributed by atoms with Crippen LogP contribution in [0.3, 0.4) is 0 Å². The minimum absolute atomic E-state index is 0. The van der Waals surface area contributed by atoms with Crippen molar-refractivity contribution < 1.29 is 6.16 Å². The Morgan fingerprint density at radius 2 is 2.16 bits per heavy atom. The minimum atomic E-state index is 0. The van der Waals surface area contributed by atoms with Gasteiger partial charge < -0.3 is 10.1 Å². The summed E-state index contributed by atoms with van der Waals surface area (Å²) in [4.78, 5) is 9.70. The van der Waals surface area contributed by atoms with E-state index in [-0.39, 0.29) is 1.43 Å². The molecule has 25 heavy (non-hydrogen) atoms. The molecule has 1 aliphatic carbocycles. The summed E-state index contributed by atoms with van der Waals surface area (Å²) in [5, 5.41) is 3.49. The molecule has 0 spiro atoms. The largest absolute Gasteiger partial charge is 0.381 e. The Morgan fingerprint density at radius 3 is 3.00 bits per heavy atom. The lowest BCUT2D eigenvalue weighted by atomic mass is 9.86. The molecular weight excluding hydrogens is 312 g/mol. The van der Waals surface area contributed by atoms with Crippen molar-refractivity contribution in [3.8, 4) is 0 Å². The number of hydrogen-bond donors (Lipinski definition) is 1. The molecule has 2 unspecified atom stereocenters. The standard InChI is InChI=1S/C20H26N4O.H2/c1-13-10-21-7-4-15(13)18-12-24-19(23-18)11-22-17-3-2-16(20(17)24)14-5-8-25-9-6-14;/h2,11-15,21H,3-10H2,1H3;1H. The number of fused-ring (bicyclic) bond motifs is 3. The van der Waals surface area contributed by atoms with Gasteiger partial charge in [0.2, 0.25) is 0 Å². The monoisotopic (exact) mass is 340 g/mol. The second-order valence-corrected chi connectivity index (χ2v) is 7.77. The van der Waals surface area contributed by atoms with E-state index in [1.165, 1.54) is 29.1 Å². The molecule has 2 atom stereocenters. The summed E-state index contributed by atoms with van der Waals surface area (Å²) in [6.07, 6.45) is 11.0. The van der Waals surface area contributed by atoms with Crippen LogP contribution in [0.2, 0.25) is 0 Å². The smallest absolute Gasteiger partial charge is 0.156 e. The molecule has 5 rings (SSSR count). The highest BCUT2D eigenvalue weighted by atomic mass is 16.5. The third-order valence-corrected chi connectivity index (χ3v) is 6.22. The van der Waals surface area contributed by atoms with Crippen LogP contribution in [0.4, 0.5) is 0 Å².